The van der Waals surface area contributed by atoms with Gasteiger partial charge in [0, 0.05) is 11.5 Å². The summed E-state index contributed by atoms with van der Waals surface area (Å²) in [6, 6.07) is 14.5. The van der Waals surface area contributed by atoms with Crippen molar-refractivity contribution in [3.8, 4) is 5.88 Å². The zero-order valence-electron chi connectivity index (χ0n) is 10.3. The summed E-state index contributed by atoms with van der Waals surface area (Å²) in [5, 5.41) is 3.71. The topological polar surface area (TPSA) is 22.1 Å². The Bertz CT molecular complexity index is 709. The first-order chi connectivity index (χ1) is 8.29. The van der Waals surface area contributed by atoms with Crippen LogP contribution in [-0.2, 0) is 0 Å². The smallest absolute Gasteiger partial charge is 0.213 e. The molecule has 0 saturated carbocycles. The molecule has 0 fully saturated rings. The van der Waals surface area contributed by atoms with Gasteiger partial charge in [-0.2, -0.15) is 0 Å². The first-order valence-corrected chi connectivity index (χ1v) is 5.62. The predicted molar refractivity (Wildman–Crippen MR) is 77.8 cm³/mol. The van der Waals surface area contributed by atoms with E-state index >= 15 is 0 Å². The maximum absolute atomic E-state index is 5.20. The number of hydrogen-bond donors (Lipinski definition) is 0. The molecule has 1 heterocycles. The van der Waals surface area contributed by atoms with Gasteiger partial charge in [-0.1, -0.05) is 30.3 Å². The van der Waals surface area contributed by atoms with Crippen molar-refractivity contribution in [2.45, 2.75) is 6.92 Å². The van der Waals surface area contributed by atoms with E-state index in [9.17, 15) is 0 Å². The van der Waals surface area contributed by atoms with Crippen molar-refractivity contribution < 1.29 is 4.74 Å². The molecule has 2 aromatic carbocycles. The Morgan fingerprint density at radius 1 is 1.06 bits per heavy atom. The third-order valence-electron chi connectivity index (χ3n) is 3.08. The molecule has 0 aliphatic rings. The van der Waals surface area contributed by atoms with Gasteiger partial charge in [-0.05, 0) is 29.3 Å². The van der Waals surface area contributed by atoms with Gasteiger partial charge in [0.05, 0.1) is 12.6 Å². The third-order valence-corrected chi connectivity index (χ3v) is 3.08. The lowest BCUT2D eigenvalue weighted by Crippen LogP contribution is -1.91. The molecular formula is C15H14ClNO. The molecule has 0 spiro atoms. The summed E-state index contributed by atoms with van der Waals surface area (Å²) in [6.45, 7) is 2.10. The van der Waals surface area contributed by atoms with Crippen LogP contribution in [0.1, 0.15) is 5.56 Å². The van der Waals surface area contributed by atoms with E-state index in [0.29, 0.717) is 5.88 Å². The first-order valence-electron chi connectivity index (χ1n) is 5.62. The second-order valence-electron chi connectivity index (χ2n) is 4.16. The van der Waals surface area contributed by atoms with Crippen LogP contribution in [0, 0.1) is 6.92 Å². The zero-order chi connectivity index (χ0) is 11.8. The number of benzene rings is 2. The maximum atomic E-state index is 5.20. The number of halogens is 1. The van der Waals surface area contributed by atoms with Gasteiger partial charge in [0.1, 0.15) is 0 Å². The van der Waals surface area contributed by atoms with E-state index in [1.54, 1.807) is 7.11 Å². The number of hydrogen-bond acceptors (Lipinski definition) is 2. The lowest BCUT2D eigenvalue weighted by Gasteiger charge is -2.08. The number of pyridine rings is 1. The number of rotatable bonds is 1. The van der Waals surface area contributed by atoms with Crippen LogP contribution >= 0.6 is 12.4 Å². The van der Waals surface area contributed by atoms with Gasteiger partial charge in [0.2, 0.25) is 5.88 Å². The maximum Gasteiger partial charge on any atom is 0.213 e. The third kappa shape index (κ3) is 1.89. The second-order valence-corrected chi connectivity index (χ2v) is 4.16. The molecule has 0 atom stereocenters. The summed E-state index contributed by atoms with van der Waals surface area (Å²) < 4.78 is 5.20. The van der Waals surface area contributed by atoms with Gasteiger partial charge in [-0.25, -0.2) is 4.98 Å². The number of aromatic nitrogens is 1. The molecule has 3 aromatic rings. The van der Waals surface area contributed by atoms with Gasteiger partial charge in [-0.15, -0.1) is 12.4 Å². The minimum Gasteiger partial charge on any atom is -0.481 e. The Labute approximate surface area is 112 Å². The molecule has 0 saturated heterocycles. The molecule has 0 unspecified atom stereocenters. The van der Waals surface area contributed by atoms with Crippen LogP contribution in [0.25, 0.3) is 21.7 Å². The monoisotopic (exact) mass is 259 g/mol. The van der Waals surface area contributed by atoms with Crippen molar-refractivity contribution in [3.05, 3.63) is 48.0 Å². The second kappa shape index (κ2) is 4.83. The van der Waals surface area contributed by atoms with E-state index in [-0.39, 0.29) is 12.4 Å². The van der Waals surface area contributed by atoms with Crippen molar-refractivity contribution in [3.63, 3.8) is 0 Å². The van der Waals surface area contributed by atoms with Crippen LogP contribution < -0.4 is 4.74 Å². The number of nitrogens with zero attached hydrogens (tertiary/aromatic N) is 1. The van der Waals surface area contributed by atoms with E-state index in [4.69, 9.17) is 4.74 Å². The molecule has 0 amide bonds. The molecule has 18 heavy (non-hydrogen) atoms. The van der Waals surface area contributed by atoms with E-state index < -0.39 is 0 Å². The van der Waals surface area contributed by atoms with Crippen molar-refractivity contribution >= 4 is 34.1 Å². The summed E-state index contributed by atoms with van der Waals surface area (Å²) >= 11 is 0. The fraction of sp³-hybridized carbons (Fsp3) is 0.133. The highest BCUT2D eigenvalue weighted by Gasteiger charge is 2.06. The largest absolute Gasteiger partial charge is 0.481 e. The van der Waals surface area contributed by atoms with Gasteiger partial charge in [0.15, 0.2) is 0 Å². The van der Waals surface area contributed by atoms with Crippen molar-refractivity contribution in [1.29, 1.82) is 0 Å². The van der Waals surface area contributed by atoms with Crippen molar-refractivity contribution in [1.82, 2.24) is 4.98 Å². The summed E-state index contributed by atoms with van der Waals surface area (Å²) in [7, 11) is 1.65. The van der Waals surface area contributed by atoms with Gasteiger partial charge in [0.25, 0.3) is 0 Å². The molecule has 3 rings (SSSR count). The fourth-order valence-corrected chi connectivity index (χ4v) is 2.28. The number of ether oxygens (including phenoxy) is 1. The Kier molecular flexibility index (Phi) is 3.39. The fourth-order valence-electron chi connectivity index (χ4n) is 2.28. The van der Waals surface area contributed by atoms with Gasteiger partial charge < -0.3 is 4.74 Å². The lowest BCUT2D eigenvalue weighted by molar-refractivity contribution is 0.399. The predicted octanol–water partition coefficient (Wildman–Crippen LogP) is 4.13. The molecule has 0 aliphatic heterocycles. The molecule has 2 nitrogen and oxygen atoms in total. The van der Waals surface area contributed by atoms with E-state index in [2.05, 4.69) is 42.2 Å². The minimum atomic E-state index is 0. The molecule has 3 heteroatoms. The highest BCUT2D eigenvalue weighted by Crippen LogP contribution is 2.28. The standard InChI is InChI=1S/C15H13NO.ClH/c1-10-9-14(17-2)16-13-8-7-11-5-3-4-6-12(11)15(10)13;/h3-9H,1-2H3;1H. The van der Waals surface area contributed by atoms with Crippen LogP contribution in [0.3, 0.4) is 0 Å². The van der Waals surface area contributed by atoms with Gasteiger partial charge >= 0.3 is 0 Å². The SMILES string of the molecule is COc1cc(C)c2c(ccc3ccccc32)n1.Cl. The molecule has 0 radical (unpaired) electrons. The van der Waals surface area contributed by atoms with Crippen LogP contribution in [0.5, 0.6) is 5.88 Å². The molecule has 1 aromatic heterocycles. The number of methoxy groups -OCH3 is 1. The summed E-state index contributed by atoms with van der Waals surface area (Å²) in [5.41, 5.74) is 2.18. The van der Waals surface area contributed by atoms with Crippen LogP contribution in [0.4, 0.5) is 0 Å². The Balaban J connectivity index is 0.00000120. The van der Waals surface area contributed by atoms with Crippen LogP contribution in [0.15, 0.2) is 42.5 Å². The minimum absolute atomic E-state index is 0. The van der Waals surface area contributed by atoms with Crippen molar-refractivity contribution in [2.24, 2.45) is 0 Å². The van der Waals surface area contributed by atoms with Crippen LogP contribution in [0.2, 0.25) is 0 Å². The highest BCUT2D eigenvalue weighted by atomic mass is 35.5. The summed E-state index contributed by atoms with van der Waals surface area (Å²) in [6.07, 6.45) is 0. The molecule has 92 valence electrons. The normalized spacial score (nSPS) is 10.3. The average Bonchev–Trinajstić information content (AvgIpc) is 2.37. The number of aryl methyl sites for hydroxylation is 1. The first kappa shape index (κ1) is 12.7. The molecular weight excluding hydrogens is 246 g/mol. The summed E-state index contributed by atoms with van der Waals surface area (Å²) in [5.74, 6) is 0.672. The van der Waals surface area contributed by atoms with Crippen molar-refractivity contribution in [2.75, 3.05) is 7.11 Å². The quantitative estimate of drug-likeness (QED) is 0.613. The summed E-state index contributed by atoms with van der Waals surface area (Å²) in [4.78, 5) is 4.48. The zero-order valence-corrected chi connectivity index (χ0v) is 11.1. The molecule has 0 N–H and O–H groups in total. The van der Waals surface area contributed by atoms with E-state index in [1.807, 2.05) is 12.1 Å². The average molecular weight is 260 g/mol. The Morgan fingerprint density at radius 3 is 2.61 bits per heavy atom. The highest BCUT2D eigenvalue weighted by molar-refractivity contribution is 6.07. The molecule has 0 aliphatic carbocycles. The van der Waals surface area contributed by atoms with Crippen LogP contribution in [-0.4, -0.2) is 12.1 Å². The Morgan fingerprint density at radius 2 is 1.83 bits per heavy atom. The molecule has 0 bridgehead atoms. The number of fused-ring (bicyclic) bond motifs is 3. The van der Waals surface area contributed by atoms with E-state index in [0.717, 1.165) is 5.52 Å². The van der Waals surface area contributed by atoms with E-state index in [1.165, 1.54) is 21.7 Å². The lowest BCUT2D eigenvalue weighted by atomic mass is 10.0. The van der Waals surface area contributed by atoms with Gasteiger partial charge in [-0.3, -0.25) is 0 Å². The Hall–Kier alpha value is -1.80.